The summed E-state index contributed by atoms with van der Waals surface area (Å²) in [5, 5.41) is 12.5. The van der Waals surface area contributed by atoms with Gasteiger partial charge in [-0.2, -0.15) is 0 Å². The van der Waals surface area contributed by atoms with Crippen LogP contribution in [0, 0.1) is 5.92 Å². The zero-order valence-corrected chi connectivity index (χ0v) is 11.1. The van der Waals surface area contributed by atoms with Crippen LogP contribution < -0.4 is 11.1 Å². The minimum Gasteiger partial charge on any atom is -0.393 e. The van der Waals surface area contributed by atoms with E-state index in [1.54, 1.807) is 0 Å². The minimum absolute atomic E-state index is 0.136. The standard InChI is InChI=1S/C15H22N2O2/c16-13(9-11-5-2-1-3-6-11)15(19)17-10-12-7-4-8-14(12)18/h1-3,5-6,12-14,18H,4,7-10,16H2,(H,17,19)/t12?,13-,14?/m0/s1. The number of aliphatic hydroxyl groups excluding tert-OH is 1. The van der Waals surface area contributed by atoms with Gasteiger partial charge in [0, 0.05) is 12.5 Å². The van der Waals surface area contributed by atoms with Crippen LogP contribution in [0.25, 0.3) is 0 Å². The van der Waals surface area contributed by atoms with Gasteiger partial charge in [-0.05, 0) is 24.8 Å². The molecule has 1 amide bonds. The average molecular weight is 262 g/mol. The first-order valence-electron chi connectivity index (χ1n) is 6.92. The van der Waals surface area contributed by atoms with Gasteiger partial charge in [-0.25, -0.2) is 0 Å². The molecule has 1 aliphatic carbocycles. The molecular formula is C15H22N2O2. The van der Waals surface area contributed by atoms with E-state index in [2.05, 4.69) is 5.32 Å². The summed E-state index contributed by atoms with van der Waals surface area (Å²) in [6.45, 7) is 0.530. The van der Waals surface area contributed by atoms with Crippen molar-refractivity contribution >= 4 is 5.91 Å². The predicted octanol–water partition coefficient (Wildman–Crippen LogP) is 0.834. The quantitative estimate of drug-likeness (QED) is 0.736. The molecule has 0 aromatic heterocycles. The molecule has 1 aromatic carbocycles. The van der Waals surface area contributed by atoms with E-state index in [9.17, 15) is 9.90 Å². The lowest BCUT2D eigenvalue weighted by atomic mass is 10.0. The first-order chi connectivity index (χ1) is 9.16. The lowest BCUT2D eigenvalue weighted by Gasteiger charge is -2.17. The van der Waals surface area contributed by atoms with Gasteiger partial charge in [0.05, 0.1) is 12.1 Å². The highest BCUT2D eigenvalue weighted by molar-refractivity contribution is 5.81. The van der Waals surface area contributed by atoms with E-state index in [1.807, 2.05) is 30.3 Å². The molecule has 4 N–H and O–H groups in total. The highest BCUT2D eigenvalue weighted by atomic mass is 16.3. The third-order valence-corrected chi connectivity index (χ3v) is 3.79. The van der Waals surface area contributed by atoms with Crippen LogP contribution in [-0.4, -0.2) is 29.7 Å². The van der Waals surface area contributed by atoms with Crippen molar-refractivity contribution in [1.82, 2.24) is 5.32 Å². The lowest BCUT2D eigenvalue weighted by molar-refractivity contribution is -0.122. The molecule has 0 heterocycles. The van der Waals surface area contributed by atoms with E-state index in [0.29, 0.717) is 13.0 Å². The summed E-state index contributed by atoms with van der Waals surface area (Å²) in [7, 11) is 0. The Kier molecular flexibility index (Phi) is 4.93. The van der Waals surface area contributed by atoms with Crippen molar-refractivity contribution in [1.29, 1.82) is 0 Å². The van der Waals surface area contributed by atoms with Gasteiger partial charge in [0.25, 0.3) is 0 Å². The fourth-order valence-electron chi connectivity index (χ4n) is 2.58. The molecule has 4 nitrogen and oxygen atoms in total. The maximum Gasteiger partial charge on any atom is 0.237 e. The van der Waals surface area contributed by atoms with Crippen LogP contribution in [0.5, 0.6) is 0 Å². The third kappa shape index (κ3) is 4.04. The molecule has 0 spiro atoms. The van der Waals surface area contributed by atoms with Crippen molar-refractivity contribution in [2.24, 2.45) is 11.7 Å². The second-order valence-electron chi connectivity index (χ2n) is 5.30. The highest BCUT2D eigenvalue weighted by Crippen LogP contribution is 2.24. The highest BCUT2D eigenvalue weighted by Gasteiger charge is 2.26. The number of carbonyl (C=O) groups excluding carboxylic acids is 1. The van der Waals surface area contributed by atoms with E-state index in [4.69, 9.17) is 5.73 Å². The summed E-state index contributed by atoms with van der Waals surface area (Å²) >= 11 is 0. The van der Waals surface area contributed by atoms with Crippen molar-refractivity contribution < 1.29 is 9.90 Å². The second-order valence-corrected chi connectivity index (χ2v) is 5.30. The Balaban J connectivity index is 1.76. The molecule has 1 aliphatic rings. The van der Waals surface area contributed by atoms with E-state index >= 15 is 0 Å². The Labute approximate surface area is 114 Å². The summed E-state index contributed by atoms with van der Waals surface area (Å²) in [6, 6.07) is 9.23. The van der Waals surface area contributed by atoms with Gasteiger partial charge in [-0.15, -0.1) is 0 Å². The molecule has 0 radical (unpaired) electrons. The SMILES string of the molecule is N[C@@H](Cc1ccccc1)C(=O)NCC1CCCC1O. The molecular weight excluding hydrogens is 240 g/mol. The van der Waals surface area contributed by atoms with Gasteiger partial charge >= 0.3 is 0 Å². The topological polar surface area (TPSA) is 75.4 Å². The molecule has 1 saturated carbocycles. The number of aliphatic hydroxyl groups is 1. The zero-order chi connectivity index (χ0) is 13.7. The van der Waals surface area contributed by atoms with Crippen LogP contribution in [-0.2, 0) is 11.2 Å². The second kappa shape index (κ2) is 6.68. The summed E-state index contributed by atoms with van der Waals surface area (Å²) < 4.78 is 0. The number of rotatable bonds is 5. The van der Waals surface area contributed by atoms with Crippen molar-refractivity contribution in [2.45, 2.75) is 37.8 Å². The van der Waals surface area contributed by atoms with E-state index < -0.39 is 6.04 Å². The summed E-state index contributed by atoms with van der Waals surface area (Å²) in [5.74, 6) is 0.0517. The van der Waals surface area contributed by atoms with Gasteiger partial charge in [-0.3, -0.25) is 4.79 Å². The first kappa shape index (κ1) is 14.0. The molecule has 2 unspecified atom stereocenters. The molecule has 19 heavy (non-hydrogen) atoms. The van der Waals surface area contributed by atoms with Crippen LogP contribution in [0.4, 0.5) is 0 Å². The number of carbonyl (C=O) groups is 1. The van der Waals surface area contributed by atoms with Gasteiger partial charge in [0.15, 0.2) is 0 Å². The third-order valence-electron chi connectivity index (χ3n) is 3.79. The molecule has 104 valence electrons. The van der Waals surface area contributed by atoms with Gasteiger partial charge < -0.3 is 16.2 Å². The normalized spacial score (nSPS) is 24.1. The molecule has 0 saturated heterocycles. The Morgan fingerprint density at radius 1 is 1.37 bits per heavy atom. The van der Waals surface area contributed by atoms with E-state index in [0.717, 1.165) is 24.8 Å². The molecule has 0 bridgehead atoms. The zero-order valence-electron chi connectivity index (χ0n) is 11.1. The molecule has 2 rings (SSSR count). The number of benzene rings is 1. The summed E-state index contributed by atoms with van der Waals surface area (Å²) in [5.41, 5.74) is 6.96. The molecule has 1 aromatic rings. The van der Waals surface area contributed by atoms with Crippen molar-refractivity contribution in [3.63, 3.8) is 0 Å². The number of nitrogens with one attached hydrogen (secondary N) is 1. The summed E-state index contributed by atoms with van der Waals surface area (Å²) in [4.78, 5) is 11.9. The Morgan fingerprint density at radius 3 is 2.74 bits per heavy atom. The van der Waals surface area contributed by atoms with Crippen LogP contribution in [0.3, 0.4) is 0 Å². The maximum absolute atomic E-state index is 11.9. The van der Waals surface area contributed by atoms with Crippen molar-refractivity contribution in [3.8, 4) is 0 Å². The van der Waals surface area contributed by atoms with Crippen LogP contribution in [0.15, 0.2) is 30.3 Å². The van der Waals surface area contributed by atoms with Crippen molar-refractivity contribution in [2.75, 3.05) is 6.54 Å². The minimum atomic E-state index is -0.527. The Hall–Kier alpha value is -1.39. The average Bonchev–Trinajstić information content (AvgIpc) is 2.82. The van der Waals surface area contributed by atoms with Gasteiger partial charge in [-0.1, -0.05) is 36.8 Å². The molecule has 1 fully saturated rings. The first-order valence-corrected chi connectivity index (χ1v) is 6.92. The van der Waals surface area contributed by atoms with Crippen LogP contribution >= 0.6 is 0 Å². The molecule has 3 atom stereocenters. The number of hydrogen-bond donors (Lipinski definition) is 3. The fourth-order valence-corrected chi connectivity index (χ4v) is 2.58. The van der Waals surface area contributed by atoms with E-state index in [1.165, 1.54) is 0 Å². The Bertz CT molecular complexity index is 408. The fraction of sp³-hybridized carbons (Fsp3) is 0.533. The number of hydrogen-bond acceptors (Lipinski definition) is 3. The summed E-state index contributed by atoms with van der Waals surface area (Å²) in [6.07, 6.45) is 3.13. The predicted molar refractivity (Wildman–Crippen MR) is 74.5 cm³/mol. The van der Waals surface area contributed by atoms with E-state index in [-0.39, 0.29) is 17.9 Å². The van der Waals surface area contributed by atoms with Crippen LogP contribution in [0.2, 0.25) is 0 Å². The number of amides is 1. The Morgan fingerprint density at radius 2 is 2.11 bits per heavy atom. The molecule has 4 heteroatoms. The number of nitrogens with two attached hydrogens (primary N) is 1. The lowest BCUT2D eigenvalue weighted by Crippen LogP contribution is -2.44. The van der Waals surface area contributed by atoms with Crippen molar-refractivity contribution in [3.05, 3.63) is 35.9 Å². The largest absolute Gasteiger partial charge is 0.393 e. The smallest absolute Gasteiger partial charge is 0.237 e. The maximum atomic E-state index is 11.9. The van der Waals surface area contributed by atoms with Crippen LogP contribution in [0.1, 0.15) is 24.8 Å². The van der Waals surface area contributed by atoms with Gasteiger partial charge in [0.2, 0.25) is 5.91 Å². The monoisotopic (exact) mass is 262 g/mol. The molecule has 0 aliphatic heterocycles. The van der Waals surface area contributed by atoms with Gasteiger partial charge in [0.1, 0.15) is 0 Å².